The number of furan rings is 1. The van der Waals surface area contributed by atoms with Crippen molar-refractivity contribution in [3.63, 3.8) is 0 Å². The maximum Gasteiger partial charge on any atom is 0.216 e. The molecule has 0 N–H and O–H groups in total. The van der Waals surface area contributed by atoms with Gasteiger partial charge in [-0.05, 0) is 61.4 Å². The molecule has 2 aromatic heterocycles. The number of aryl methyl sites for hydroxylation is 2. The molecule has 1 aliphatic rings. The zero-order chi connectivity index (χ0) is 20.8. The fourth-order valence-corrected chi connectivity index (χ4v) is 5.30. The van der Waals surface area contributed by atoms with Gasteiger partial charge in [0.2, 0.25) is 5.69 Å². The normalized spacial score (nSPS) is 15.0. The van der Waals surface area contributed by atoms with Crippen molar-refractivity contribution in [2.24, 2.45) is 7.05 Å². The highest BCUT2D eigenvalue weighted by Gasteiger charge is 2.25. The molecular weight excluding hydrogens is 368 g/mol. The summed E-state index contributed by atoms with van der Waals surface area (Å²) >= 11 is 0. The Morgan fingerprint density at radius 2 is 1.87 bits per heavy atom. The van der Waals surface area contributed by atoms with Gasteiger partial charge in [-0.25, -0.2) is 4.57 Å². The van der Waals surface area contributed by atoms with Crippen LogP contribution in [0.25, 0.3) is 33.2 Å². The summed E-state index contributed by atoms with van der Waals surface area (Å²) in [4.78, 5) is 0. The van der Waals surface area contributed by atoms with Crippen LogP contribution in [-0.4, -0.2) is 0 Å². The summed E-state index contributed by atoms with van der Waals surface area (Å²) in [5.41, 5.74) is 8.33. The number of nitriles is 1. The van der Waals surface area contributed by atoms with Gasteiger partial charge >= 0.3 is 0 Å². The van der Waals surface area contributed by atoms with Crippen molar-refractivity contribution in [3.05, 3.63) is 64.8 Å². The lowest BCUT2D eigenvalue weighted by Crippen LogP contribution is -2.30. The van der Waals surface area contributed by atoms with Crippen LogP contribution in [0, 0.1) is 25.2 Å². The van der Waals surface area contributed by atoms with Crippen molar-refractivity contribution in [2.75, 3.05) is 0 Å². The molecule has 3 nitrogen and oxygen atoms in total. The number of pyridine rings is 1. The lowest BCUT2D eigenvalue weighted by molar-refractivity contribution is -0.660. The van der Waals surface area contributed by atoms with Crippen molar-refractivity contribution in [2.45, 2.75) is 51.9 Å². The van der Waals surface area contributed by atoms with Crippen LogP contribution in [0.3, 0.4) is 0 Å². The van der Waals surface area contributed by atoms with Crippen molar-refractivity contribution >= 4 is 21.9 Å². The second-order valence-electron chi connectivity index (χ2n) is 8.72. The number of hydrogen-bond donors (Lipinski definition) is 0. The Labute approximate surface area is 177 Å². The zero-order valence-corrected chi connectivity index (χ0v) is 18.0. The third-order valence-electron chi connectivity index (χ3n) is 6.91. The first-order valence-electron chi connectivity index (χ1n) is 10.9. The van der Waals surface area contributed by atoms with Gasteiger partial charge in [-0.2, -0.15) is 5.26 Å². The predicted molar refractivity (Wildman–Crippen MR) is 120 cm³/mol. The monoisotopic (exact) mass is 395 g/mol. The van der Waals surface area contributed by atoms with Gasteiger partial charge in [-0.3, -0.25) is 0 Å². The molecule has 3 heteroatoms. The van der Waals surface area contributed by atoms with Crippen LogP contribution in [0.15, 0.2) is 47.0 Å². The van der Waals surface area contributed by atoms with Gasteiger partial charge in [-0.15, -0.1) is 0 Å². The quantitative estimate of drug-likeness (QED) is 0.358. The molecule has 5 rings (SSSR count). The van der Waals surface area contributed by atoms with Crippen LogP contribution in [0.5, 0.6) is 0 Å². The van der Waals surface area contributed by atoms with E-state index in [0.717, 1.165) is 44.3 Å². The van der Waals surface area contributed by atoms with Gasteiger partial charge in [0.1, 0.15) is 24.3 Å². The van der Waals surface area contributed by atoms with Crippen LogP contribution >= 0.6 is 0 Å². The number of rotatable bonds is 2. The van der Waals surface area contributed by atoms with E-state index in [1.54, 1.807) is 0 Å². The lowest BCUT2D eigenvalue weighted by atomic mass is 9.80. The molecule has 1 aliphatic carbocycles. The van der Waals surface area contributed by atoms with Crippen molar-refractivity contribution in [1.29, 1.82) is 5.26 Å². The van der Waals surface area contributed by atoms with Crippen LogP contribution in [-0.2, 0) is 7.05 Å². The molecule has 2 aromatic carbocycles. The molecular formula is C27H27N2O+. The third-order valence-corrected chi connectivity index (χ3v) is 6.91. The summed E-state index contributed by atoms with van der Waals surface area (Å²) in [6.45, 7) is 4.24. The van der Waals surface area contributed by atoms with E-state index in [1.165, 1.54) is 43.2 Å². The van der Waals surface area contributed by atoms with Crippen molar-refractivity contribution in [1.82, 2.24) is 0 Å². The minimum atomic E-state index is 0.539. The smallest absolute Gasteiger partial charge is 0.216 e. The van der Waals surface area contributed by atoms with E-state index in [-0.39, 0.29) is 0 Å². The number of benzene rings is 2. The maximum atomic E-state index is 10.1. The molecule has 0 unspecified atom stereocenters. The molecule has 150 valence electrons. The van der Waals surface area contributed by atoms with E-state index < -0.39 is 0 Å². The van der Waals surface area contributed by atoms with Gasteiger partial charge in [0, 0.05) is 22.9 Å². The molecule has 1 saturated carbocycles. The summed E-state index contributed by atoms with van der Waals surface area (Å²) in [7, 11) is 2.06. The fraction of sp³-hybridized carbons (Fsp3) is 0.333. The zero-order valence-electron chi connectivity index (χ0n) is 18.0. The van der Waals surface area contributed by atoms with Crippen LogP contribution < -0.4 is 4.57 Å². The van der Waals surface area contributed by atoms with E-state index in [0.29, 0.717) is 5.92 Å². The van der Waals surface area contributed by atoms with E-state index in [1.807, 2.05) is 6.07 Å². The summed E-state index contributed by atoms with van der Waals surface area (Å²) in [6, 6.07) is 15.2. The van der Waals surface area contributed by atoms with Crippen molar-refractivity contribution in [3.8, 4) is 17.3 Å². The molecule has 4 aromatic rings. The number of fused-ring (bicyclic) bond motifs is 3. The molecule has 1 fully saturated rings. The van der Waals surface area contributed by atoms with Gasteiger partial charge in [-0.1, -0.05) is 31.4 Å². The van der Waals surface area contributed by atoms with Crippen LogP contribution in [0.4, 0.5) is 0 Å². The molecule has 0 spiro atoms. The highest BCUT2D eigenvalue weighted by Crippen LogP contribution is 2.43. The van der Waals surface area contributed by atoms with E-state index in [9.17, 15) is 5.26 Å². The first kappa shape index (κ1) is 18.9. The second-order valence-corrected chi connectivity index (χ2v) is 8.72. The SMILES string of the molecule is Cc1ccc2c(oc3cc(C4CCCCC4)c(C)c(C#N)c32)c1-c1cccc[n+]1C. The van der Waals surface area contributed by atoms with Gasteiger partial charge in [0.25, 0.3) is 0 Å². The number of hydrogen-bond acceptors (Lipinski definition) is 2. The Kier molecular flexibility index (Phi) is 4.59. The topological polar surface area (TPSA) is 40.8 Å². The minimum absolute atomic E-state index is 0.539. The van der Waals surface area contributed by atoms with Gasteiger partial charge < -0.3 is 4.42 Å². The van der Waals surface area contributed by atoms with Crippen LogP contribution in [0.1, 0.15) is 60.3 Å². The lowest BCUT2D eigenvalue weighted by Gasteiger charge is -2.24. The summed E-state index contributed by atoms with van der Waals surface area (Å²) in [6.07, 6.45) is 8.35. The Morgan fingerprint density at radius 1 is 1.07 bits per heavy atom. The first-order chi connectivity index (χ1) is 14.6. The first-order valence-corrected chi connectivity index (χ1v) is 10.9. The van der Waals surface area contributed by atoms with E-state index in [2.05, 4.69) is 68.1 Å². The Balaban J connectivity index is 1.84. The van der Waals surface area contributed by atoms with Gasteiger partial charge in [0.05, 0.1) is 11.1 Å². The summed E-state index contributed by atoms with van der Waals surface area (Å²) in [5.74, 6) is 0.539. The second kappa shape index (κ2) is 7.29. The Hall–Kier alpha value is -3.12. The molecule has 0 amide bonds. The average Bonchev–Trinajstić information content (AvgIpc) is 3.13. The molecule has 30 heavy (non-hydrogen) atoms. The molecule has 0 aliphatic heterocycles. The largest absolute Gasteiger partial charge is 0.455 e. The van der Waals surface area contributed by atoms with E-state index >= 15 is 0 Å². The van der Waals surface area contributed by atoms with E-state index in [4.69, 9.17) is 4.42 Å². The molecule has 0 saturated heterocycles. The molecule has 0 bridgehead atoms. The molecule has 0 radical (unpaired) electrons. The number of aromatic nitrogens is 1. The fourth-order valence-electron chi connectivity index (χ4n) is 5.30. The van der Waals surface area contributed by atoms with Gasteiger partial charge in [0.15, 0.2) is 6.20 Å². The summed E-state index contributed by atoms with van der Waals surface area (Å²) < 4.78 is 8.66. The maximum absolute atomic E-state index is 10.1. The minimum Gasteiger partial charge on any atom is -0.455 e. The predicted octanol–water partition coefficient (Wildman–Crippen LogP) is 6.61. The Bertz CT molecular complexity index is 1320. The standard InChI is InChI=1S/C27H27N2O/c1-17-12-13-20-26-22(16-28)18(2)21(19-9-5-4-6-10-19)15-24(26)30-27(20)25(17)23-11-7-8-14-29(23)3/h7-8,11-15,19H,4-6,9-10H2,1-3H3/q+1. The third kappa shape index (κ3) is 2.82. The Morgan fingerprint density at radius 3 is 2.60 bits per heavy atom. The average molecular weight is 396 g/mol. The van der Waals surface area contributed by atoms with Crippen LogP contribution in [0.2, 0.25) is 0 Å². The highest BCUT2D eigenvalue weighted by molar-refractivity contribution is 6.12. The highest BCUT2D eigenvalue weighted by atomic mass is 16.3. The molecule has 0 atom stereocenters. The summed E-state index contributed by atoms with van der Waals surface area (Å²) in [5, 5.41) is 12.1. The number of nitrogens with zero attached hydrogens (tertiary/aromatic N) is 2. The van der Waals surface area contributed by atoms with Crippen molar-refractivity contribution < 1.29 is 8.98 Å². The molecule has 2 heterocycles.